The molecule has 0 saturated carbocycles. The lowest BCUT2D eigenvalue weighted by molar-refractivity contribution is 1.45. The predicted octanol–water partition coefficient (Wildman–Crippen LogP) is 4.92. The lowest BCUT2D eigenvalue weighted by Gasteiger charge is -2.07. The van der Waals surface area contributed by atoms with Crippen molar-refractivity contribution >= 4 is 17.0 Å². The standard InChI is InChI=1S/C20H20N2/c1-3-16(17-10-5-4-6-11-17)12-9-14-19(21)18-13-7-8-15-20(18)22-2/h3-15,21-22H,1H2,2H3/b14-9+,16-12+,21-19?. The molecule has 2 rings (SSSR count). The zero-order valence-electron chi connectivity index (χ0n) is 12.7. The van der Waals surface area contributed by atoms with Crippen LogP contribution in [-0.4, -0.2) is 12.8 Å². The lowest BCUT2D eigenvalue weighted by Crippen LogP contribution is -2.00. The van der Waals surface area contributed by atoms with Crippen LogP contribution in [-0.2, 0) is 0 Å². The first-order chi connectivity index (χ1) is 10.8. The highest BCUT2D eigenvalue weighted by Gasteiger charge is 2.02. The van der Waals surface area contributed by atoms with Crippen LogP contribution in [0.4, 0.5) is 5.69 Å². The second kappa shape index (κ2) is 7.79. The van der Waals surface area contributed by atoms with Crippen molar-refractivity contribution in [1.29, 1.82) is 5.41 Å². The van der Waals surface area contributed by atoms with Gasteiger partial charge in [0.2, 0.25) is 0 Å². The monoisotopic (exact) mass is 288 g/mol. The van der Waals surface area contributed by atoms with Gasteiger partial charge >= 0.3 is 0 Å². The summed E-state index contributed by atoms with van der Waals surface area (Å²) >= 11 is 0. The number of allylic oxidation sites excluding steroid dienone is 5. The van der Waals surface area contributed by atoms with Gasteiger partial charge in [-0.2, -0.15) is 0 Å². The summed E-state index contributed by atoms with van der Waals surface area (Å²) in [5, 5.41) is 11.3. The molecule has 2 nitrogen and oxygen atoms in total. The minimum atomic E-state index is 0.470. The summed E-state index contributed by atoms with van der Waals surface area (Å²) in [6.45, 7) is 3.85. The first-order valence-corrected chi connectivity index (χ1v) is 7.18. The Kier molecular flexibility index (Phi) is 5.50. The first kappa shape index (κ1) is 15.5. The highest BCUT2D eigenvalue weighted by atomic mass is 14.8. The molecule has 0 spiro atoms. The molecule has 0 heterocycles. The lowest BCUT2D eigenvalue weighted by atomic mass is 10.0. The number of rotatable bonds is 6. The highest BCUT2D eigenvalue weighted by molar-refractivity contribution is 6.10. The van der Waals surface area contributed by atoms with Gasteiger partial charge in [-0.25, -0.2) is 0 Å². The van der Waals surface area contributed by atoms with Crippen LogP contribution in [0.3, 0.4) is 0 Å². The van der Waals surface area contributed by atoms with Crippen molar-refractivity contribution in [2.75, 3.05) is 12.4 Å². The molecular formula is C20H20N2. The Hall–Kier alpha value is -2.87. The maximum atomic E-state index is 8.20. The van der Waals surface area contributed by atoms with E-state index in [4.69, 9.17) is 5.41 Å². The molecule has 0 fully saturated rings. The maximum absolute atomic E-state index is 8.20. The highest BCUT2D eigenvalue weighted by Crippen LogP contribution is 2.17. The molecule has 0 unspecified atom stereocenters. The largest absolute Gasteiger partial charge is 0.388 e. The zero-order chi connectivity index (χ0) is 15.8. The summed E-state index contributed by atoms with van der Waals surface area (Å²) in [6.07, 6.45) is 7.48. The molecule has 110 valence electrons. The minimum absolute atomic E-state index is 0.470. The van der Waals surface area contributed by atoms with Crippen LogP contribution in [0, 0.1) is 5.41 Å². The van der Waals surface area contributed by atoms with Gasteiger partial charge in [0, 0.05) is 18.3 Å². The number of benzene rings is 2. The van der Waals surface area contributed by atoms with Crippen molar-refractivity contribution in [3.05, 3.63) is 96.6 Å². The van der Waals surface area contributed by atoms with Gasteiger partial charge in [-0.1, -0.05) is 73.3 Å². The van der Waals surface area contributed by atoms with Gasteiger partial charge in [0.05, 0.1) is 5.71 Å². The Bertz CT molecular complexity index is 709. The molecule has 0 amide bonds. The molecule has 0 radical (unpaired) electrons. The van der Waals surface area contributed by atoms with Crippen molar-refractivity contribution in [3.63, 3.8) is 0 Å². The number of para-hydroxylation sites is 1. The van der Waals surface area contributed by atoms with Gasteiger partial charge in [0.1, 0.15) is 0 Å². The molecular weight excluding hydrogens is 268 g/mol. The number of nitrogens with one attached hydrogen (secondary N) is 2. The average molecular weight is 288 g/mol. The summed E-state index contributed by atoms with van der Waals surface area (Å²) in [7, 11) is 1.86. The topological polar surface area (TPSA) is 35.9 Å². The molecule has 2 heteroatoms. The van der Waals surface area contributed by atoms with E-state index in [1.807, 2.05) is 79.9 Å². The van der Waals surface area contributed by atoms with E-state index in [1.165, 1.54) is 0 Å². The van der Waals surface area contributed by atoms with Crippen molar-refractivity contribution in [1.82, 2.24) is 0 Å². The third-order valence-electron chi connectivity index (χ3n) is 3.35. The Labute approximate surface area is 132 Å². The van der Waals surface area contributed by atoms with Crippen LogP contribution in [0.2, 0.25) is 0 Å². The van der Waals surface area contributed by atoms with E-state index >= 15 is 0 Å². The van der Waals surface area contributed by atoms with Crippen molar-refractivity contribution < 1.29 is 0 Å². The summed E-state index contributed by atoms with van der Waals surface area (Å²) in [5.74, 6) is 0. The van der Waals surface area contributed by atoms with Crippen LogP contribution in [0.15, 0.2) is 85.5 Å². The Balaban J connectivity index is 2.19. The minimum Gasteiger partial charge on any atom is -0.388 e. The molecule has 0 aliphatic heterocycles. The van der Waals surface area contributed by atoms with Gasteiger partial charge in [-0.3, -0.25) is 0 Å². The van der Waals surface area contributed by atoms with Crippen LogP contribution in [0.5, 0.6) is 0 Å². The van der Waals surface area contributed by atoms with E-state index in [2.05, 4.69) is 11.9 Å². The fraction of sp³-hybridized carbons (Fsp3) is 0.0500. The SMILES string of the molecule is C=C/C(=C\C=C\C(=N)c1ccccc1NC)c1ccccc1. The second-order valence-electron chi connectivity index (χ2n) is 4.76. The Morgan fingerprint density at radius 1 is 1.05 bits per heavy atom. The molecule has 0 aliphatic carbocycles. The van der Waals surface area contributed by atoms with Crippen molar-refractivity contribution in [2.45, 2.75) is 0 Å². The normalized spacial score (nSPS) is 11.4. The summed E-state index contributed by atoms with van der Waals surface area (Å²) in [5.41, 5.74) is 4.45. The molecule has 0 aliphatic rings. The van der Waals surface area contributed by atoms with E-state index in [0.29, 0.717) is 5.71 Å². The van der Waals surface area contributed by atoms with Crippen molar-refractivity contribution in [3.8, 4) is 0 Å². The van der Waals surface area contributed by atoms with Gasteiger partial charge < -0.3 is 10.7 Å². The fourth-order valence-corrected chi connectivity index (χ4v) is 2.19. The Morgan fingerprint density at radius 3 is 2.41 bits per heavy atom. The van der Waals surface area contributed by atoms with E-state index < -0.39 is 0 Å². The smallest absolute Gasteiger partial charge is 0.0632 e. The van der Waals surface area contributed by atoms with Crippen molar-refractivity contribution in [2.24, 2.45) is 0 Å². The van der Waals surface area contributed by atoms with Gasteiger partial charge in [-0.15, -0.1) is 0 Å². The number of hydrogen-bond acceptors (Lipinski definition) is 2. The second-order valence-corrected chi connectivity index (χ2v) is 4.76. The quantitative estimate of drug-likeness (QED) is 0.574. The summed E-state index contributed by atoms with van der Waals surface area (Å²) in [6, 6.07) is 17.9. The van der Waals surface area contributed by atoms with Crippen LogP contribution in [0.1, 0.15) is 11.1 Å². The van der Waals surface area contributed by atoms with Gasteiger partial charge in [0.25, 0.3) is 0 Å². The third-order valence-corrected chi connectivity index (χ3v) is 3.35. The average Bonchev–Trinajstić information content (AvgIpc) is 2.59. The molecule has 2 aromatic rings. The van der Waals surface area contributed by atoms with Crippen LogP contribution in [0.25, 0.3) is 5.57 Å². The van der Waals surface area contributed by atoms with E-state index in [1.54, 1.807) is 6.08 Å². The molecule has 22 heavy (non-hydrogen) atoms. The number of hydrogen-bond donors (Lipinski definition) is 2. The molecule has 2 aromatic carbocycles. The van der Waals surface area contributed by atoms with Crippen LogP contribution >= 0.6 is 0 Å². The third kappa shape index (κ3) is 3.83. The van der Waals surface area contributed by atoms with E-state index in [0.717, 1.165) is 22.4 Å². The molecule has 0 aromatic heterocycles. The maximum Gasteiger partial charge on any atom is 0.0632 e. The molecule has 0 atom stereocenters. The fourth-order valence-electron chi connectivity index (χ4n) is 2.19. The zero-order valence-corrected chi connectivity index (χ0v) is 12.7. The summed E-state index contributed by atoms with van der Waals surface area (Å²) in [4.78, 5) is 0. The van der Waals surface area contributed by atoms with Crippen LogP contribution < -0.4 is 5.32 Å². The first-order valence-electron chi connectivity index (χ1n) is 7.18. The van der Waals surface area contributed by atoms with Gasteiger partial charge in [-0.05, 0) is 23.3 Å². The predicted molar refractivity (Wildman–Crippen MR) is 96.6 cm³/mol. The van der Waals surface area contributed by atoms with E-state index in [9.17, 15) is 0 Å². The number of anilines is 1. The molecule has 2 N–H and O–H groups in total. The van der Waals surface area contributed by atoms with E-state index in [-0.39, 0.29) is 0 Å². The molecule has 0 saturated heterocycles. The molecule has 0 bridgehead atoms. The summed E-state index contributed by atoms with van der Waals surface area (Å²) < 4.78 is 0. The Morgan fingerprint density at radius 2 is 1.73 bits per heavy atom. The van der Waals surface area contributed by atoms with Gasteiger partial charge in [0.15, 0.2) is 0 Å².